The van der Waals surface area contributed by atoms with Gasteiger partial charge in [0.25, 0.3) is 0 Å². The first kappa shape index (κ1) is 14.3. The zero-order chi connectivity index (χ0) is 13.4. The Bertz CT molecular complexity index is 363. The van der Waals surface area contributed by atoms with Crippen molar-refractivity contribution in [2.45, 2.75) is 39.4 Å². The second-order valence-corrected chi connectivity index (χ2v) is 7.89. The quantitative estimate of drug-likeness (QED) is 0.789. The SMILES string of the molecule is CC(C)(C)SC(=O)C=CC1C(C(=O)O)C1(C)C. The highest BCUT2D eigenvalue weighted by Crippen LogP contribution is 2.59. The van der Waals surface area contributed by atoms with E-state index in [-0.39, 0.29) is 27.1 Å². The van der Waals surface area contributed by atoms with Crippen molar-refractivity contribution in [3.8, 4) is 0 Å². The summed E-state index contributed by atoms with van der Waals surface area (Å²) in [5.41, 5.74) is -0.227. The van der Waals surface area contributed by atoms with Crippen LogP contribution in [0.3, 0.4) is 0 Å². The third kappa shape index (κ3) is 3.60. The maximum Gasteiger partial charge on any atom is 0.307 e. The Morgan fingerprint density at radius 1 is 1.29 bits per heavy atom. The van der Waals surface area contributed by atoms with Gasteiger partial charge in [0, 0.05) is 4.75 Å². The van der Waals surface area contributed by atoms with E-state index in [1.165, 1.54) is 17.8 Å². The van der Waals surface area contributed by atoms with Crippen molar-refractivity contribution in [3.05, 3.63) is 12.2 Å². The van der Waals surface area contributed by atoms with Gasteiger partial charge in [-0.15, -0.1) is 0 Å². The summed E-state index contributed by atoms with van der Waals surface area (Å²) in [6, 6.07) is 0. The molecule has 0 spiro atoms. The third-order valence-electron chi connectivity index (χ3n) is 3.02. The number of carbonyl (C=O) groups is 2. The smallest absolute Gasteiger partial charge is 0.307 e. The second kappa shape index (κ2) is 4.48. The Morgan fingerprint density at radius 2 is 1.82 bits per heavy atom. The predicted octanol–water partition coefficient (Wildman–Crippen LogP) is 2.96. The fraction of sp³-hybridized carbons (Fsp3) is 0.692. The molecule has 4 heteroatoms. The number of allylic oxidation sites excluding steroid dienone is 1. The van der Waals surface area contributed by atoms with Crippen molar-refractivity contribution in [1.29, 1.82) is 0 Å². The predicted molar refractivity (Wildman–Crippen MR) is 69.9 cm³/mol. The first-order valence-electron chi connectivity index (χ1n) is 5.69. The third-order valence-corrected chi connectivity index (χ3v) is 3.97. The molecule has 3 nitrogen and oxygen atoms in total. The maximum atomic E-state index is 11.6. The van der Waals surface area contributed by atoms with E-state index in [2.05, 4.69) is 0 Å². The first-order chi connectivity index (χ1) is 7.55. The average Bonchev–Trinajstić information content (AvgIpc) is 2.61. The molecule has 0 radical (unpaired) electrons. The van der Waals surface area contributed by atoms with E-state index in [0.717, 1.165) is 0 Å². The van der Waals surface area contributed by atoms with Crippen LogP contribution < -0.4 is 0 Å². The van der Waals surface area contributed by atoms with Crippen molar-refractivity contribution in [2.24, 2.45) is 17.3 Å². The van der Waals surface area contributed by atoms with Crippen molar-refractivity contribution >= 4 is 22.8 Å². The minimum Gasteiger partial charge on any atom is -0.481 e. The van der Waals surface area contributed by atoms with Crippen LogP contribution in [0.25, 0.3) is 0 Å². The van der Waals surface area contributed by atoms with Crippen LogP contribution in [0.1, 0.15) is 34.6 Å². The van der Waals surface area contributed by atoms with E-state index >= 15 is 0 Å². The second-order valence-electron chi connectivity index (χ2n) is 6.06. The average molecular weight is 256 g/mol. The molecule has 2 unspecified atom stereocenters. The lowest BCUT2D eigenvalue weighted by Crippen LogP contribution is -2.10. The Balaban J connectivity index is 2.57. The zero-order valence-corrected chi connectivity index (χ0v) is 11.8. The van der Waals surface area contributed by atoms with Gasteiger partial charge in [0.15, 0.2) is 0 Å². The van der Waals surface area contributed by atoms with Crippen LogP contribution in [-0.2, 0) is 9.59 Å². The highest BCUT2D eigenvalue weighted by Gasteiger charge is 2.60. The highest BCUT2D eigenvalue weighted by molar-refractivity contribution is 8.15. The Morgan fingerprint density at radius 3 is 2.18 bits per heavy atom. The molecular weight excluding hydrogens is 236 g/mol. The minimum absolute atomic E-state index is 0.00987. The highest BCUT2D eigenvalue weighted by atomic mass is 32.2. The van der Waals surface area contributed by atoms with Gasteiger partial charge in [-0.3, -0.25) is 9.59 Å². The molecule has 96 valence electrons. The molecule has 0 aliphatic heterocycles. The van der Waals surface area contributed by atoms with Crippen molar-refractivity contribution < 1.29 is 14.7 Å². The molecule has 0 aromatic rings. The number of thioether (sulfide) groups is 1. The summed E-state index contributed by atoms with van der Waals surface area (Å²) in [6.45, 7) is 9.77. The van der Waals surface area contributed by atoms with E-state index in [4.69, 9.17) is 5.11 Å². The van der Waals surface area contributed by atoms with Crippen LogP contribution in [0.5, 0.6) is 0 Å². The van der Waals surface area contributed by atoms with Gasteiger partial charge in [0.05, 0.1) is 5.92 Å². The summed E-state index contributed by atoms with van der Waals surface area (Å²) in [6.07, 6.45) is 3.27. The van der Waals surface area contributed by atoms with Gasteiger partial charge in [0.2, 0.25) is 5.12 Å². The Hall–Kier alpha value is -0.770. The van der Waals surface area contributed by atoms with E-state index in [0.29, 0.717) is 0 Å². The molecule has 1 rings (SSSR count). The molecule has 0 saturated heterocycles. The summed E-state index contributed by atoms with van der Waals surface area (Å²) < 4.78 is -0.104. The largest absolute Gasteiger partial charge is 0.481 e. The van der Waals surface area contributed by atoms with Gasteiger partial charge in [-0.25, -0.2) is 0 Å². The fourth-order valence-electron chi connectivity index (χ4n) is 2.03. The number of hydrogen-bond donors (Lipinski definition) is 1. The molecule has 2 atom stereocenters. The lowest BCUT2D eigenvalue weighted by atomic mass is 10.1. The maximum absolute atomic E-state index is 11.6. The van der Waals surface area contributed by atoms with Crippen molar-refractivity contribution in [3.63, 3.8) is 0 Å². The summed E-state index contributed by atoms with van der Waals surface area (Å²) >= 11 is 1.26. The standard InChI is InChI=1S/C13H20O3S/c1-12(2,3)17-9(14)7-6-8-10(11(15)16)13(8,4)5/h6-8,10H,1-5H3,(H,15,16). The summed E-state index contributed by atoms with van der Waals surface area (Å²) in [5, 5.41) is 8.98. The number of carbonyl (C=O) groups excluding carboxylic acids is 1. The van der Waals surface area contributed by atoms with E-state index in [1.54, 1.807) is 6.08 Å². The van der Waals surface area contributed by atoms with E-state index < -0.39 is 5.97 Å². The van der Waals surface area contributed by atoms with Crippen LogP contribution in [0.15, 0.2) is 12.2 Å². The van der Waals surface area contributed by atoms with E-state index in [9.17, 15) is 9.59 Å². The molecule has 0 aromatic heterocycles. The van der Waals surface area contributed by atoms with Gasteiger partial charge in [0.1, 0.15) is 0 Å². The summed E-state index contributed by atoms with van der Waals surface area (Å²) in [4.78, 5) is 22.5. The normalized spacial score (nSPS) is 27.1. The summed E-state index contributed by atoms with van der Waals surface area (Å²) in [7, 11) is 0. The van der Waals surface area contributed by atoms with Crippen LogP contribution in [0.2, 0.25) is 0 Å². The van der Waals surface area contributed by atoms with Gasteiger partial charge in [-0.2, -0.15) is 0 Å². The molecule has 0 heterocycles. The van der Waals surface area contributed by atoms with Gasteiger partial charge in [-0.1, -0.05) is 52.5 Å². The molecule has 1 saturated carbocycles. The molecule has 0 aromatic carbocycles. The van der Waals surface area contributed by atoms with Crippen LogP contribution in [-0.4, -0.2) is 20.9 Å². The minimum atomic E-state index is -0.777. The number of aliphatic carboxylic acids is 1. The lowest BCUT2D eigenvalue weighted by Gasteiger charge is -2.14. The lowest BCUT2D eigenvalue weighted by molar-refractivity contribution is -0.139. The van der Waals surface area contributed by atoms with Crippen molar-refractivity contribution in [2.75, 3.05) is 0 Å². The topological polar surface area (TPSA) is 54.4 Å². The van der Waals surface area contributed by atoms with Gasteiger partial charge in [-0.05, 0) is 17.4 Å². The zero-order valence-electron chi connectivity index (χ0n) is 11.0. The molecule has 1 N–H and O–H groups in total. The van der Waals surface area contributed by atoms with Gasteiger partial charge >= 0.3 is 5.97 Å². The first-order valence-corrected chi connectivity index (χ1v) is 6.51. The Labute approximate surface area is 107 Å². The number of rotatable bonds is 3. The summed E-state index contributed by atoms with van der Waals surface area (Å²) in [5.74, 6) is -1.16. The molecule has 1 fully saturated rings. The van der Waals surface area contributed by atoms with Crippen LogP contribution in [0.4, 0.5) is 0 Å². The fourth-order valence-corrected chi connectivity index (χ4v) is 2.78. The number of hydrogen-bond acceptors (Lipinski definition) is 3. The molecule has 0 bridgehead atoms. The van der Waals surface area contributed by atoms with Gasteiger partial charge < -0.3 is 5.11 Å². The molecule has 1 aliphatic carbocycles. The van der Waals surface area contributed by atoms with Crippen LogP contribution >= 0.6 is 11.8 Å². The Kier molecular flexibility index (Phi) is 3.77. The monoisotopic (exact) mass is 256 g/mol. The number of carboxylic acids is 1. The van der Waals surface area contributed by atoms with Crippen molar-refractivity contribution in [1.82, 2.24) is 0 Å². The van der Waals surface area contributed by atoms with Crippen LogP contribution in [0, 0.1) is 17.3 Å². The van der Waals surface area contributed by atoms with E-state index in [1.807, 2.05) is 34.6 Å². The molecular formula is C13H20O3S. The molecule has 1 aliphatic rings. The molecule has 0 amide bonds. The molecule has 17 heavy (non-hydrogen) atoms. The number of carboxylic acid groups (broad SMARTS) is 1.